The summed E-state index contributed by atoms with van der Waals surface area (Å²) in [4.78, 5) is 7.80. The minimum Gasteiger partial charge on any atom is -0.497 e. The van der Waals surface area contributed by atoms with E-state index in [4.69, 9.17) is 4.74 Å². The van der Waals surface area contributed by atoms with Gasteiger partial charge in [-0.2, -0.15) is 17.5 Å². The maximum Gasteiger partial charge on any atom is 0.417 e. The topological polar surface area (TPSA) is 84.4 Å². The average Bonchev–Trinajstić information content (AvgIpc) is 2.79. The second-order valence-corrected chi connectivity index (χ2v) is 9.02. The number of pyridine rings is 2. The number of rotatable bonds is 8. The number of nitrogens with zero attached hydrogens (tertiary/aromatic N) is 3. The first-order valence-corrected chi connectivity index (χ1v) is 11.0. The van der Waals surface area contributed by atoms with Crippen LogP contribution in [0.15, 0.2) is 66.3 Å². The van der Waals surface area contributed by atoms with Crippen molar-refractivity contribution >= 4 is 27.7 Å². The van der Waals surface area contributed by atoms with Gasteiger partial charge < -0.3 is 10.1 Å². The Morgan fingerprint density at radius 1 is 1.12 bits per heavy atom. The Morgan fingerprint density at radius 3 is 2.36 bits per heavy atom. The standard InChI is InChI=1S/C22H21F3N4O3S/c1-4-16-11-19(33(30,31)29(2)14-15-5-8-18(32-3)9-6-15)13-27-21(16)28-20-10-7-17(12-26-20)22(23,24)25/h4-13H,1,14H2,2-3H3,(H,26,27,28). The molecule has 0 bridgehead atoms. The molecule has 0 atom stereocenters. The molecule has 1 N–H and O–H groups in total. The van der Waals surface area contributed by atoms with Gasteiger partial charge >= 0.3 is 6.18 Å². The van der Waals surface area contributed by atoms with Gasteiger partial charge in [-0.15, -0.1) is 0 Å². The van der Waals surface area contributed by atoms with Crippen molar-refractivity contribution in [3.63, 3.8) is 0 Å². The first-order chi connectivity index (χ1) is 15.5. The van der Waals surface area contributed by atoms with Crippen molar-refractivity contribution in [2.75, 3.05) is 19.5 Å². The van der Waals surface area contributed by atoms with Gasteiger partial charge in [0.2, 0.25) is 10.0 Å². The normalized spacial score (nSPS) is 11.9. The number of anilines is 2. The van der Waals surface area contributed by atoms with Crippen LogP contribution < -0.4 is 10.1 Å². The van der Waals surface area contributed by atoms with Crippen molar-refractivity contribution in [3.05, 3.63) is 78.1 Å². The fraction of sp³-hybridized carbons (Fsp3) is 0.182. The van der Waals surface area contributed by atoms with E-state index in [1.807, 2.05) is 0 Å². The van der Waals surface area contributed by atoms with Crippen LogP contribution in [0.25, 0.3) is 6.08 Å². The molecule has 33 heavy (non-hydrogen) atoms. The van der Waals surface area contributed by atoms with Crippen molar-refractivity contribution < 1.29 is 26.3 Å². The molecule has 7 nitrogen and oxygen atoms in total. The third-order valence-electron chi connectivity index (χ3n) is 4.72. The van der Waals surface area contributed by atoms with Crippen LogP contribution in [-0.4, -0.2) is 36.8 Å². The number of benzene rings is 1. The predicted octanol–water partition coefficient (Wildman–Crippen LogP) is 4.71. The summed E-state index contributed by atoms with van der Waals surface area (Å²) in [5.41, 5.74) is 0.229. The Balaban J connectivity index is 1.80. The zero-order valence-corrected chi connectivity index (χ0v) is 18.6. The van der Waals surface area contributed by atoms with Crippen LogP contribution in [0.3, 0.4) is 0 Å². The summed E-state index contributed by atoms with van der Waals surface area (Å²) >= 11 is 0. The Labute approximate surface area is 189 Å². The highest BCUT2D eigenvalue weighted by molar-refractivity contribution is 7.89. The number of hydrogen-bond donors (Lipinski definition) is 1. The molecule has 0 amide bonds. The van der Waals surface area contributed by atoms with Crippen molar-refractivity contribution in [2.24, 2.45) is 0 Å². The molecular formula is C22H21F3N4O3S. The molecule has 2 heterocycles. The van der Waals surface area contributed by atoms with E-state index in [2.05, 4.69) is 21.9 Å². The Hall–Kier alpha value is -3.44. The van der Waals surface area contributed by atoms with Crippen LogP contribution in [-0.2, 0) is 22.7 Å². The zero-order chi connectivity index (χ0) is 24.2. The van der Waals surface area contributed by atoms with Crippen LogP contribution in [0.4, 0.5) is 24.8 Å². The average molecular weight is 478 g/mol. The van der Waals surface area contributed by atoms with Gasteiger partial charge in [-0.25, -0.2) is 18.4 Å². The monoisotopic (exact) mass is 478 g/mol. The highest BCUT2D eigenvalue weighted by Gasteiger charge is 2.30. The molecule has 1 aromatic carbocycles. The van der Waals surface area contributed by atoms with Gasteiger partial charge in [0.1, 0.15) is 22.3 Å². The van der Waals surface area contributed by atoms with Crippen LogP contribution in [0.2, 0.25) is 0 Å². The summed E-state index contributed by atoms with van der Waals surface area (Å²) < 4.78 is 70.4. The number of halogens is 3. The van der Waals surface area contributed by atoms with Gasteiger partial charge in [0, 0.05) is 31.5 Å². The zero-order valence-electron chi connectivity index (χ0n) is 17.8. The lowest BCUT2D eigenvalue weighted by atomic mass is 10.2. The highest BCUT2D eigenvalue weighted by atomic mass is 32.2. The second-order valence-electron chi connectivity index (χ2n) is 6.98. The fourth-order valence-corrected chi connectivity index (χ4v) is 4.01. The lowest BCUT2D eigenvalue weighted by molar-refractivity contribution is -0.137. The maximum atomic E-state index is 13.0. The van der Waals surface area contributed by atoms with Gasteiger partial charge in [-0.3, -0.25) is 0 Å². The van der Waals surface area contributed by atoms with Crippen LogP contribution in [0.5, 0.6) is 5.75 Å². The number of ether oxygens (including phenoxy) is 1. The van der Waals surface area contributed by atoms with Gasteiger partial charge in [0.15, 0.2) is 0 Å². The molecule has 0 unspecified atom stereocenters. The number of hydrogen-bond acceptors (Lipinski definition) is 6. The largest absolute Gasteiger partial charge is 0.497 e. The highest BCUT2D eigenvalue weighted by Crippen LogP contribution is 2.30. The van der Waals surface area contributed by atoms with Crippen LogP contribution >= 0.6 is 0 Å². The molecule has 0 aliphatic heterocycles. The summed E-state index contributed by atoms with van der Waals surface area (Å²) in [6.07, 6.45) is -1.24. The Bertz CT molecular complexity index is 1230. The molecule has 0 saturated carbocycles. The molecule has 3 rings (SSSR count). The van der Waals surface area contributed by atoms with Gasteiger partial charge in [0.25, 0.3) is 0 Å². The van der Waals surface area contributed by atoms with E-state index in [1.165, 1.54) is 29.7 Å². The van der Waals surface area contributed by atoms with E-state index >= 15 is 0 Å². The molecule has 2 aromatic heterocycles. The molecule has 0 fully saturated rings. The van der Waals surface area contributed by atoms with Crippen molar-refractivity contribution in [1.29, 1.82) is 0 Å². The number of aromatic nitrogens is 2. The number of nitrogens with one attached hydrogen (secondary N) is 1. The molecule has 174 valence electrons. The van der Waals surface area contributed by atoms with Crippen molar-refractivity contribution in [1.82, 2.24) is 14.3 Å². The van der Waals surface area contributed by atoms with E-state index < -0.39 is 21.8 Å². The quantitative estimate of drug-likeness (QED) is 0.505. The molecular weight excluding hydrogens is 457 g/mol. The fourth-order valence-electron chi connectivity index (χ4n) is 2.87. The molecule has 0 saturated heterocycles. The summed E-state index contributed by atoms with van der Waals surface area (Å²) in [6, 6.07) is 10.4. The minimum absolute atomic E-state index is 0.0562. The third-order valence-corrected chi connectivity index (χ3v) is 6.49. The third kappa shape index (κ3) is 5.68. The van der Waals surface area contributed by atoms with Gasteiger partial charge in [-0.1, -0.05) is 24.8 Å². The van der Waals surface area contributed by atoms with Gasteiger partial charge in [-0.05, 0) is 35.9 Å². The molecule has 11 heteroatoms. The predicted molar refractivity (Wildman–Crippen MR) is 118 cm³/mol. The molecule has 0 spiro atoms. The lowest BCUT2D eigenvalue weighted by Gasteiger charge is -2.18. The van der Waals surface area contributed by atoms with Crippen LogP contribution in [0.1, 0.15) is 16.7 Å². The summed E-state index contributed by atoms with van der Waals surface area (Å²) in [5, 5.41) is 2.78. The molecule has 0 radical (unpaired) electrons. The Morgan fingerprint density at radius 2 is 1.82 bits per heavy atom. The molecule has 3 aromatic rings. The number of alkyl halides is 3. The number of methoxy groups -OCH3 is 1. The second kappa shape index (κ2) is 9.59. The SMILES string of the molecule is C=Cc1cc(S(=O)(=O)N(C)Cc2ccc(OC)cc2)cnc1Nc1ccc(C(F)(F)F)cn1. The van der Waals surface area contributed by atoms with Crippen molar-refractivity contribution in [2.45, 2.75) is 17.6 Å². The molecule has 0 aliphatic carbocycles. The van der Waals surface area contributed by atoms with E-state index in [1.54, 1.807) is 31.4 Å². The summed E-state index contributed by atoms with van der Waals surface area (Å²) in [7, 11) is -0.880. The first-order valence-electron chi connectivity index (χ1n) is 9.56. The Kier molecular flexibility index (Phi) is 7.04. The lowest BCUT2D eigenvalue weighted by Crippen LogP contribution is -2.26. The van der Waals surface area contributed by atoms with E-state index in [-0.39, 0.29) is 23.1 Å². The van der Waals surface area contributed by atoms with Gasteiger partial charge in [0.05, 0.1) is 12.7 Å². The maximum absolute atomic E-state index is 13.0. The van der Waals surface area contributed by atoms with E-state index in [0.717, 1.165) is 17.7 Å². The van der Waals surface area contributed by atoms with Crippen molar-refractivity contribution in [3.8, 4) is 5.75 Å². The van der Waals surface area contributed by atoms with Crippen LogP contribution in [0, 0.1) is 0 Å². The smallest absolute Gasteiger partial charge is 0.417 e. The summed E-state index contributed by atoms with van der Waals surface area (Å²) in [5.74, 6) is 0.981. The molecule has 0 aliphatic rings. The van der Waals surface area contributed by atoms with E-state index in [0.29, 0.717) is 17.5 Å². The van der Waals surface area contributed by atoms with E-state index in [9.17, 15) is 21.6 Å². The first kappa shape index (κ1) is 24.2. The summed E-state index contributed by atoms with van der Waals surface area (Å²) in [6.45, 7) is 3.79. The minimum atomic E-state index is -4.50. The number of sulfonamides is 1.